The Morgan fingerprint density at radius 1 is 1.31 bits per heavy atom. The van der Waals surface area contributed by atoms with Gasteiger partial charge in [0.1, 0.15) is 24.0 Å². The summed E-state index contributed by atoms with van der Waals surface area (Å²) in [7, 11) is 3.40. The molecule has 1 heterocycles. The van der Waals surface area contributed by atoms with Gasteiger partial charge in [0.15, 0.2) is 0 Å². The monoisotopic (exact) mass is 223 g/mol. The number of carbonyl (C=O) groups excluding carboxylic acids is 1. The summed E-state index contributed by atoms with van der Waals surface area (Å²) in [5.74, 6) is 1.33. The average Bonchev–Trinajstić information content (AvgIpc) is 2.30. The van der Waals surface area contributed by atoms with Gasteiger partial charge in [-0.05, 0) is 13.8 Å². The van der Waals surface area contributed by atoms with Gasteiger partial charge in [0.05, 0.1) is 0 Å². The molecule has 0 bridgehead atoms. The highest BCUT2D eigenvalue weighted by Crippen LogP contribution is 2.17. The van der Waals surface area contributed by atoms with Crippen molar-refractivity contribution in [3.05, 3.63) is 11.9 Å². The van der Waals surface area contributed by atoms with Crippen LogP contribution in [0.5, 0.6) is 0 Å². The molecule has 0 aliphatic carbocycles. The Bertz CT molecular complexity index is 379. The predicted molar refractivity (Wildman–Crippen MR) is 63.5 cm³/mol. The first kappa shape index (κ1) is 12.2. The molecule has 1 unspecified atom stereocenters. The molecular formula is C10H17N5O. The second-order valence-corrected chi connectivity index (χ2v) is 3.43. The average molecular weight is 223 g/mol. The first-order chi connectivity index (χ1) is 7.60. The highest BCUT2D eigenvalue weighted by atomic mass is 16.2. The fourth-order valence-corrected chi connectivity index (χ4v) is 1.33. The fraction of sp³-hybridized carbons (Fsp3) is 0.500. The Morgan fingerprint density at radius 2 is 1.94 bits per heavy atom. The molecule has 0 aliphatic heterocycles. The normalized spacial score (nSPS) is 11.8. The van der Waals surface area contributed by atoms with Crippen LogP contribution in [0.2, 0.25) is 0 Å². The van der Waals surface area contributed by atoms with Gasteiger partial charge in [-0.2, -0.15) is 0 Å². The lowest BCUT2D eigenvalue weighted by molar-refractivity contribution is -0.121. The Balaban J connectivity index is 2.85. The van der Waals surface area contributed by atoms with Gasteiger partial charge in [0, 0.05) is 19.7 Å². The molecule has 1 aromatic heterocycles. The summed E-state index contributed by atoms with van der Waals surface area (Å²) >= 11 is 0. The summed E-state index contributed by atoms with van der Waals surface area (Å²) in [5.41, 5.74) is 0.890. The van der Waals surface area contributed by atoms with Crippen LogP contribution in [0.15, 0.2) is 6.33 Å². The summed E-state index contributed by atoms with van der Waals surface area (Å²) in [6, 6.07) is -0.330. The number of amides is 1. The van der Waals surface area contributed by atoms with Crippen molar-refractivity contribution in [3.63, 3.8) is 0 Å². The number of nitrogens with one attached hydrogen (secondary N) is 3. The molecule has 1 aromatic rings. The molecule has 6 nitrogen and oxygen atoms in total. The quantitative estimate of drug-likeness (QED) is 0.687. The predicted octanol–water partition coefficient (Wildman–Crippen LogP) is 0.373. The van der Waals surface area contributed by atoms with Crippen LogP contribution in [0, 0.1) is 6.92 Å². The van der Waals surface area contributed by atoms with Crippen LogP contribution in [0.4, 0.5) is 11.6 Å². The minimum atomic E-state index is -0.330. The molecule has 0 aromatic carbocycles. The van der Waals surface area contributed by atoms with Crippen molar-refractivity contribution in [3.8, 4) is 0 Å². The molecule has 1 amide bonds. The van der Waals surface area contributed by atoms with Gasteiger partial charge in [0.25, 0.3) is 0 Å². The van der Waals surface area contributed by atoms with E-state index in [-0.39, 0.29) is 11.9 Å². The first-order valence-electron chi connectivity index (χ1n) is 5.07. The second kappa shape index (κ2) is 5.29. The lowest BCUT2D eigenvalue weighted by Crippen LogP contribution is -2.35. The van der Waals surface area contributed by atoms with E-state index in [1.165, 1.54) is 6.33 Å². The van der Waals surface area contributed by atoms with Crippen molar-refractivity contribution in [2.24, 2.45) is 0 Å². The molecule has 1 atom stereocenters. The van der Waals surface area contributed by atoms with E-state index in [9.17, 15) is 4.79 Å². The fourth-order valence-electron chi connectivity index (χ4n) is 1.33. The summed E-state index contributed by atoms with van der Waals surface area (Å²) in [6.07, 6.45) is 1.46. The first-order valence-corrected chi connectivity index (χ1v) is 5.07. The smallest absolute Gasteiger partial charge is 0.241 e. The van der Waals surface area contributed by atoms with E-state index in [4.69, 9.17) is 0 Å². The SMILES string of the molecule is CNC(=O)C(C)Nc1ncnc(NC)c1C. The molecule has 16 heavy (non-hydrogen) atoms. The number of aromatic nitrogens is 2. The van der Waals surface area contributed by atoms with Gasteiger partial charge in [-0.3, -0.25) is 4.79 Å². The van der Waals surface area contributed by atoms with E-state index in [1.54, 1.807) is 21.0 Å². The van der Waals surface area contributed by atoms with Crippen molar-refractivity contribution < 1.29 is 4.79 Å². The van der Waals surface area contributed by atoms with E-state index < -0.39 is 0 Å². The van der Waals surface area contributed by atoms with Crippen LogP contribution in [0.3, 0.4) is 0 Å². The van der Waals surface area contributed by atoms with E-state index >= 15 is 0 Å². The van der Waals surface area contributed by atoms with Gasteiger partial charge in [-0.25, -0.2) is 9.97 Å². The summed E-state index contributed by atoms with van der Waals surface area (Å²) in [4.78, 5) is 19.5. The van der Waals surface area contributed by atoms with Crippen LogP contribution in [-0.2, 0) is 4.79 Å². The molecule has 1 rings (SSSR count). The molecule has 6 heteroatoms. The number of carbonyl (C=O) groups is 1. The van der Waals surface area contributed by atoms with Crippen molar-refractivity contribution in [2.75, 3.05) is 24.7 Å². The van der Waals surface area contributed by atoms with Gasteiger partial charge in [0.2, 0.25) is 5.91 Å². The molecule has 0 fully saturated rings. The zero-order chi connectivity index (χ0) is 12.1. The maximum absolute atomic E-state index is 11.3. The number of rotatable bonds is 4. The van der Waals surface area contributed by atoms with Crippen LogP contribution in [0.25, 0.3) is 0 Å². The molecule has 88 valence electrons. The standard InChI is InChI=1S/C10H17N5O/c1-6-8(11-3)13-5-14-9(6)15-7(2)10(16)12-4/h5,7H,1-4H3,(H,12,16)(H2,11,13,14,15). The number of nitrogens with zero attached hydrogens (tertiary/aromatic N) is 2. The minimum absolute atomic E-state index is 0.0796. The maximum atomic E-state index is 11.3. The Kier molecular flexibility index (Phi) is 4.04. The third-order valence-electron chi connectivity index (χ3n) is 2.31. The second-order valence-electron chi connectivity index (χ2n) is 3.43. The van der Waals surface area contributed by atoms with Crippen LogP contribution in [0.1, 0.15) is 12.5 Å². The molecular weight excluding hydrogens is 206 g/mol. The molecule has 0 spiro atoms. The maximum Gasteiger partial charge on any atom is 0.241 e. The number of likely N-dealkylation sites (N-methyl/N-ethyl adjacent to an activating group) is 1. The van der Waals surface area contributed by atoms with Gasteiger partial charge in [-0.1, -0.05) is 0 Å². The lowest BCUT2D eigenvalue weighted by atomic mass is 10.2. The number of hydrogen-bond acceptors (Lipinski definition) is 5. The molecule has 0 aliphatic rings. The summed E-state index contributed by atoms with van der Waals surface area (Å²) in [5, 5.41) is 8.57. The molecule has 0 saturated heterocycles. The highest BCUT2D eigenvalue weighted by molar-refractivity contribution is 5.83. The third-order valence-corrected chi connectivity index (χ3v) is 2.31. The summed E-state index contributed by atoms with van der Waals surface area (Å²) < 4.78 is 0. The molecule has 0 radical (unpaired) electrons. The van der Waals surface area contributed by atoms with E-state index in [0.29, 0.717) is 5.82 Å². The van der Waals surface area contributed by atoms with Crippen LogP contribution < -0.4 is 16.0 Å². The third kappa shape index (κ3) is 2.59. The zero-order valence-electron chi connectivity index (χ0n) is 9.96. The Hall–Kier alpha value is -1.85. The zero-order valence-corrected chi connectivity index (χ0v) is 9.96. The lowest BCUT2D eigenvalue weighted by Gasteiger charge is -2.15. The highest BCUT2D eigenvalue weighted by Gasteiger charge is 2.13. The largest absolute Gasteiger partial charge is 0.373 e. The van der Waals surface area contributed by atoms with Crippen molar-refractivity contribution >= 4 is 17.5 Å². The number of hydrogen-bond donors (Lipinski definition) is 3. The van der Waals surface area contributed by atoms with Crippen LogP contribution >= 0.6 is 0 Å². The van der Waals surface area contributed by atoms with Crippen LogP contribution in [-0.4, -0.2) is 36.0 Å². The van der Waals surface area contributed by atoms with Crippen molar-refractivity contribution in [1.29, 1.82) is 0 Å². The van der Waals surface area contributed by atoms with Gasteiger partial charge < -0.3 is 16.0 Å². The van der Waals surface area contributed by atoms with Crippen molar-refractivity contribution in [2.45, 2.75) is 19.9 Å². The van der Waals surface area contributed by atoms with Crippen molar-refractivity contribution in [1.82, 2.24) is 15.3 Å². The van der Waals surface area contributed by atoms with Gasteiger partial charge in [-0.15, -0.1) is 0 Å². The van der Waals surface area contributed by atoms with E-state index in [2.05, 4.69) is 25.9 Å². The molecule has 3 N–H and O–H groups in total. The Morgan fingerprint density at radius 3 is 2.50 bits per heavy atom. The van der Waals surface area contributed by atoms with E-state index in [1.807, 2.05) is 6.92 Å². The summed E-state index contributed by atoms with van der Waals surface area (Å²) in [6.45, 7) is 3.67. The minimum Gasteiger partial charge on any atom is -0.373 e. The topological polar surface area (TPSA) is 78.9 Å². The van der Waals surface area contributed by atoms with E-state index in [0.717, 1.165) is 11.4 Å². The molecule has 0 saturated carbocycles. The Labute approximate surface area is 94.9 Å². The number of anilines is 2. The van der Waals surface area contributed by atoms with Gasteiger partial charge >= 0.3 is 0 Å².